The third-order valence-electron chi connectivity index (χ3n) is 4.84. The number of sulfonamides is 1. The first kappa shape index (κ1) is 21.0. The Balaban J connectivity index is 1.82. The maximum atomic E-state index is 12.9. The van der Waals surface area contributed by atoms with Gasteiger partial charge in [-0.05, 0) is 37.1 Å². The summed E-state index contributed by atoms with van der Waals surface area (Å²) in [5.74, 6) is -0.922. The predicted molar refractivity (Wildman–Crippen MR) is 108 cm³/mol. The van der Waals surface area contributed by atoms with Gasteiger partial charge in [-0.2, -0.15) is 0 Å². The highest BCUT2D eigenvalue weighted by atomic mass is 32.2. The van der Waals surface area contributed by atoms with Crippen LogP contribution in [0.3, 0.4) is 0 Å². The largest absolute Gasteiger partial charge is 0.444 e. The van der Waals surface area contributed by atoms with Crippen LogP contribution in [0.25, 0.3) is 0 Å². The van der Waals surface area contributed by atoms with Crippen molar-refractivity contribution < 1.29 is 22.7 Å². The van der Waals surface area contributed by atoms with Crippen molar-refractivity contribution in [2.24, 2.45) is 0 Å². The Labute approximate surface area is 170 Å². The molecule has 8 heteroatoms. The fourth-order valence-corrected chi connectivity index (χ4v) is 4.04. The minimum absolute atomic E-state index is 0.0757. The molecule has 0 spiro atoms. The van der Waals surface area contributed by atoms with Crippen molar-refractivity contribution in [2.45, 2.75) is 23.8 Å². The molecule has 1 aliphatic rings. The van der Waals surface area contributed by atoms with Gasteiger partial charge >= 0.3 is 5.97 Å². The van der Waals surface area contributed by atoms with Crippen LogP contribution in [0, 0.1) is 0 Å². The maximum absolute atomic E-state index is 12.9. The first-order chi connectivity index (χ1) is 13.8. The van der Waals surface area contributed by atoms with Crippen LogP contribution in [0.2, 0.25) is 0 Å². The van der Waals surface area contributed by atoms with Crippen LogP contribution in [0.15, 0.2) is 59.5 Å². The summed E-state index contributed by atoms with van der Waals surface area (Å²) in [6, 6.07) is 14.4. The minimum Gasteiger partial charge on any atom is -0.444 e. The fourth-order valence-electron chi connectivity index (χ4n) is 3.14. The molecule has 154 valence electrons. The molecule has 7 nitrogen and oxygen atoms in total. The number of carbonyl (C=O) groups excluding carboxylic acids is 2. The van der Waals surface area contributed by atoms with Crippen LogP contribution in [-0.2, 0) is 19.6 Å². The molecule has 0 bridgehead atoms. The first-order valence-corrected chi connectivity index (χ1v) is 10.8. The Kier molecular flexibility index (Phi) is 6.34. The Morgan fingerprint density at radius 1 is 0.966 bits per heavy atom. The van der Waals surface area contributed by atoms with Crippen molar-refractivity contribution in [3.63, 3.8) is 0 Å². The molecule has 1 atom stereocenters. The summed E-state index contributed by atoms with van der Waals surface area (Å²) >= 11 is 0. The number of nitrogens with zero attached hydrogens (tertiary/aromatic N) is 2. The minimum atomic E-state index is -3.59. The van der Waals surface area contributed by atoms with E-state index in [0.29, 0.717) is 18.7 Å². The second kappa shape index (κ2) is 8.75. The number of ether oxygens (including phenoxy) is 1. The zero-order chi connectivity index (χ0) is 21.0. The van der Waals surface area contributed by atoms with E-state index in [4.69, 9.17) is 4.74 Å². The van der Waals surface area contributed by atoms with Crippen LogP contribution in [-0.4, -0.2) is 56.7 Å². The van der Waals surface area contributed by atoms with E-state index in [-0.39, 0.29) is 16.4 Å². The van der Waals surface area contributed by atoms with E-state index in [0.717, 1.165) is 17.1 Å². The van der Waals surface area contributed by atoms with Crippen molar-refractivity contribution in [3.8, 4) is 0 Å². The van der Waals surface area contributed by atoms with Crippen LogP contribution >= 0.6 is 0 Å². The molecule has 2 aromatic carbocycles. The van der Waals surface area contributed by atoms with Gasteiger partial charge in [-0.3, -0.25) is 4.79 Å². The fraction of sp³-hybridized carbons (Fsp3) is 0.333. The molecule has 0 unspecified atom stereocenters. The van der Waals surface area contributed by atoms with Gasteiger partial charge in [-0.15, -0.1) is 0 Å². The molecule has 1 fully saturated rings. The number of hydrogen-bond donors (Lipinski definition) is 0. The molecule has 0 aromatic heterocycles. The number of hydrogen-bond acceptors (Lipinski definition) is 5. The Hall–Kier alpha value is -2.71. The van der Waals surface area contributed by atoms with Gasteiger partial charge < -0.3 is 9.64 Å². The van der Waals surface area contributed by atoms with E-state index >= 15 is 0 Å². The van der Waals surface area contributed by atoms with E-state index in [1.807, 2.05) is 6.07 Å². The highest BCUT2D eigenvalue weighted by Crippen LogP contribution is 2.24. The summed E-state index contributed by atoms with van der Waals surface area (Å²) in [6.07, 6.45) is 0.832. The lowest BCUT2D eigenvalue weighted by Crippen LogP contribution is -2.34. The highest BCUT2D eigenvalue weighted by molar-refractivity contribution is 7.89. The Bertz CT molecular complexity index is 966. The van der Waals surface area contributed by atoms with Gasteiger partial charge in [0.05, 0.1) is 10.5 Å². The van der Waals surface area contributed by atoms with Crippen molar-refractivity contribution in [1.29, 1.82) is 0 Å². The van der Waals surface area contributed by atoms with E-state index in [1.54, 1.807) is 29.2 Å². The predicted octanol–water partition coefficient (Wildman–Crippen LogP) is 2.46. The van der Waals surface area contributed by atoms with Crippen molar-refractivity contribution in [1.82, 2.24) is 9.21 Å². The SMILES string of the molecule is CN(C)S(=O)(=O)c1ccc(C(=O)O[C@H](C(=O)N2CCCC2)c2ccccc2)cc1. The summed E-state index contributed by atoms with van der Waals surface area (Å²) in [6.45, 7) is 1.30. The van der Waals surface area contributed by atoms with E-state index in [2.05, 4.69) is 0 Å². The lowest BCUT2D eigenvalue weighted by molar-refractivity contribution is -0.140. The monoisotopic (exact) mass is 416 g/mol. The molecule has 1 saturated heterocycles. The van der Waals surface area contributed by atoms with Crippen molar-refractivity contribution in [2.75, 3.05) is 27.2 Å². The third kappa shape index (κ3) is 4.65. The summed E-state index contributed by atoms with van der Waals surface area (Å²) < 4.78 is 31.0. The number of amides is 1. The molecule has 0 saturated carbocycles. The molecular weight excluding hydrogens is 392 g/mol. The average molecular weight is 416 g/mol. The van der Waals surface area contributed by atoms with Gasteiger partial charge in [-0.1, -0.05) is 30.3 Å². The quantitative estimate of drug-likeness (QED) is 0.676. The van der Waals surface area contributed by atoms with Crippen LogP contribution in [0.4, 0.5) is 0 Å². The molecule has 2 aromatic rings. The number of carbonyl (C=O) groups is 2. The molecule has 1 amide bonds. The maximum Gasteiger partial charge on any atom is 0.339 e. The van der Waals surface area contributed by atoms with Crippen LogP contribution in [0.1, 0.15) is 34.9 Å². The summed E-state index contributed by atoms with van der Waals surface area (Å²) in [7, 11) is -0.717. The summed E-state index contributed by atoms with van der Waals surface area (Å²) in [5, 5.41) is 0. The second-order valence-corrected chi connectivity index (χ2v) is 9.19. The zero-order valence-corrected chi connectivity index (χ0v) is 17.3. The number of likely N-dealkylation sites (tertiary alicyclic amines) is 1. The number of rotatable bonds is 6. The first-order valence-electron chi connectivity index (χ1n) is 9.38. The Morgan fingerprint density at radius 2 is 1.55 bits per heavy atom. The van der Waals surface area contributed by atoms with Crippen LogP contribution in [0.5, 0.6) is 0 Å². The number of esters is 1. The van der Waals surface area contributed by atoms with E-state index in [1.165, 1.54) is 38.4 Å². The molecule has 1 aliphatic heterocycles. The highest BCUT2D eigenvalue weighted by Gasteiger charge is 2.31. The molecule has 0 N–H and O–H groups in total. The average Bonchev–Trinajstić information content (AvgIpc) is 3.27. The topological polar surface area (TPSA) is 84.0 Å². The van der Waals surface area contributed by atoms with Crippen molar-refractivity contribution in [3.05, 3.63) is 65.7 Å². The normalized spacial score (nSPS) is 15.3. The third-order valence-corrected chi connectivity index (χ3v) is 6.67. The van der Waals surface area contributed by atoms with Gasteiger partial charge in [0, 0.05) is 32.7 Å². The second-order valence-electron chi connectivity index (χ2n) is 7.04. The van der Waals surface area contributed by atoms with E-state index in [9.17, 15) is 18.0 Å². The standard InChI is InChI=1S/C21H24N2O5S/c1-22(2)29(26,27)18-12-10-17(11-13-18)21(25)28-19(16-8-4-3-5-9-16)20(24)23-14-6-7-15-23/h3-5,8-13,19H,6-7,14-15H2,1-2H3/t19-/m0/s1. The number of benzene rings is 2. The molecule has 1 heterocycles. The molecule has 29 heavy (non-hydrogen) atoms. The van der Waals surface area contributed by atoms with Crippen molar-refractivity contribution >= 4 is 21.9 Å². The van der Waals surface area contributed by atoms with Gasteiger partial charge in [0.25, 0.3) is 5.91 Å². The lowest BCUT2D eigenvalue weighted by atomic mass is 10.1. The molecule has 0 radical (unpaired) electrons. The van der Waals surface area contributed by atoms with Gasteiger partial charge in [0.15, 0.2) is 0 Å². The van der Waals surface area contributed by atoms with Gasteiger partial charge in [-0.25, -0.2) is 17.5 Å². The molecular formula is C21H24N2O5S. The lowest BCUT2D eigenvalue weighted by Gasteiger charge is -2.23. The molecule has 3 rings (SSSR count). The summed E-state index contributed by atoms with van der Waals surface area (Å²) in [5.41, 5.74) is 0.780. The summed E-state index contributed by atoms with van der Waals surface area (Å²) in [4.78, 5) is 27.4. The smallest absolute Gasteiger partial charge is 0.339 e. The van der Waals surface area contributed by atoms with Crippen LogP contribution < -0.4 is 0 Å². The van der Waals surface area contributed by atoms with Gasteiger partial charge in [0.2, 0.25) is 16.1 Å². The van der Waals surface area contributed by atoms with E-state index < -0.39 is 22.1 Å². The molecule has 0 aliphatic carbocycles. The zero-order valence-electron chi connectivity index (χ0n) is 16.4. The Morgan fingerprint density at radius 3 is 2.10 bits per heavy atom. The van der Waals surface area contributed by atoms with Gasteiger partial charge in [0.1, 0.15) is 0 Å².